The Morgan fingerprint density at radius 3 is 2.78 bits per heavy atom. The number of hydrogen-bond donors (Lipinski definition) is 0. The number of anilines is 1. The molecule has 2 aromatic rings. The van der Waals surface area contributed by atoms with E-state index in [1.165, 1.54) is 12.0 Å². The zero-order valence-corrected chi connectivity index (χ0v) is 10.2. The summed E-state index contributed by atoms with van der Waals surface area (Å²) in [5.74, 6) is 1.70. The van der Waals surface area contributed by atoms with E-state index < -0.39 is 0 Å². The Hall–Kier alpha value is -1.97. The molecule has 1 atom stereocenters. The van der Waals surface area contributed by atoms with Gasteiger partial charge in [-0.2, -0.15) is 0 Å². The van der Waals surface area contributed by atoms with E-state index >= 15 is 0 Å². The summed E-state index contributed by atoms with van der Waals surface area (Å²) in [6, 6.07) is 4.20. The summed E-state index contributed by atoms with van der Waals surface area (Å²) < 4.78 is 0. The highest BCUT2D eigenvalue weighted by molar-refractivity contribution is 5.36. The average molecular weight is 240 g/mol. The minimum absolute atomic E-state index is 0.703. The first-order chi connectivity index (χ1) is 8.92. The molecule has 2 aromatic heterocycles. The summed E-state index contributed by atoms with van der Waals surface area (Å²) in [7, 11) is 0. The molecular formula is C14H16N4. The number of nitrogens with zero attached hydrogens (tertiary/aromatic N) is 4. The van der Waals surface area contributed by atoms with Crippen LogP contribution in [-0.2, 0) is 6.42 Å². The standard InChI is InChI=1S/C14H16N4/c1-4-15-5-2-12(1)9-13-3-8-18(11-13)14-10-16-6-7-17-14/h1-2,4-7,10,13H,3,8-9,11H2/t13-/m1/s1. The fourth-order valence-corrected chi connectivity index (χ4v) is 2.51. The quantitative estimate of drug-likeness (QED) is 0.822. The number of aromatic nitrogens is 3. The van der Waals surface area contributed by atoms with Crippen molar-refractivity contribution < 1.29 is 0 Å². The Balaban J connectivity index is 1.62. The van der Waals surface area contributed by atoms with Gasteiger partial charge in [0.15, 0.2) is 0 Å². The minimum Gasteiger partial charge on any atom is -0.355 e. The molecule has 1 aliphatic heterocycles. The van der Waals surface area contributed by atoms with Gasteiger partial charge in [0.1, 0.15) is 5.82 Å². The SMILES string of the molecule is c1cc(C[C@H]2CCN(c3cnccn3)C2)ccn1. The normalized spacial score (nSPS) is 19.1. The zero-order valence-electron chi connectivity index (χ0n) is 10.2. The maximum absolute atomic E-state index is 4.36. The van der Waals surface area contributed by atoms with Gasteiger partial charge in [0.2, 0.25) is 0 Å². The Morgan fingerprint density at radius 2 is 2.00 bits per heavy atom. The van der Waals surface area contributed by atoms with Gasteiger partial charge in [-0.1, -0.05) is 0 Å². The summed E-state index contributed by atoms with van der Waals surface area (Å²) in [5, 5.41) is 0. The fourth-order valence-electron chi connectivity index (χ4n) is 2.51. The van der Waals surface area contributed by atoms with Crippen molar-refractivity contribution in [1.82, 2.24) is 15.0 Å². The largest absolute Gasteiger partial charge is 0.355 e. The van der Waals surface area contributed by atoms with Gasteiger partial charge in [0, 0.05) is 37.9 Å². The summed E-state index contributed by atoms with van der Waals surface area (Å²) in [6.07, 6.45) is 11.4. The molecule has 3 rings (SSSR count). The summed E-state index contributed by atoms with van der Waals surface area (Å²) >= 11 is 0. The Morgan fingerprint density at radius 1 is 1.11 bits per heavy atom. The Kier molecular flexibility index (Phi) is 3.17. The van der Waals surface area contributed by atoms with Crippen molar-refractivity contribution in [3.05, 3.63) is 48.7 Å². The van der Waals surface area contributed by atoms with Crippen molar-refractivity contribution in [3.63, 3.8) is 0 Å². The molecule has 0 spiro atoms. The van der Waals surface area contributed by atoms with Gasteiger partial charge in [0.25, 0.3) is 0 Å². The van der Waals surface area contributed by atoms with Crippen LogP contribution in [0.4, 0.5) is 5.82 Å². The molecule has 0 radical (unpaired) electrons. The van der Waals surface area contributed by atoms with Crippen LogP contribution in [-0.4, -0.2) is 28.0 Å². The third-order valence-corrected chi connectivity index (χ3v) is 3.43. The first kappa shape index (κ1) is 11.1. The number of hydrogen-bond acceptors (Lipinski definition) is 4. The Labute approximate surface area is 107 Å². The third kappa shape index (κ3) is 2.47. The molecule has 0 amide bonds. The predicted molar refractivity (Wildman–Crippen MR) is 70.3 cm³/mol. The molecule has 1 aliphatic rings. The second-order valence-corrected chi connectivity index (χ2v) is 4.72. The van der Waals surface area contributed by atoms with Gasteiger partial charge in [0.05, 0.1) is 6.20 Å². The fraction of sp³-hybridized carbons (Fsp3) is 0.357. The molecule has 4 heteroatoms. The van der Waals surface area contributed by atoms with Gasteiger partial charge in [-0.15, -0.1) is 0 Å². The molecule has 0 unspecified atom stereocenters. The van der Waals surface area contributed by atoms with E-state index in [9.17, 15) is 0 Å². The Bertz CT molecular complexity index is 486. The van der Waals surface area contributed by atoms with E-state index in [0.717, 1.165) is 25.3 Å². The summed E-state index contributed by atoms with van der Waals surface area (Å²) in [5.41, 5.74) is 1.37. The van der Waals surface area contributed by atoms with Gasteiger partial charge in [-0.3, -0.25) is 9.97 Å². The average Bonchev–Trinajstić information content (AvgIpc) is 2.89. The van der Waals surface area contributed by atoms with Crippen LogP contribution in [0, 0.1) is 5.92 Å². The van der Waals surface area contributed by atoms with Crippen LogP contribution in [0.5, 0.6) is 0 Å². The van der Waals surface area contributed by atoms with E-state index in [-0.39, 0.29) is 0 Å². The molecule has 92 valence electrons. The summed E-state index contributed by atoms with van der Waals surface area (Å²) in [6.45, 7) is 2.15. The number of rotatable bonds is 3. The first-order valence-corrected chi connectivity index (χ1v) is 6.31. The highest BCUT2D eigenvalue weighted by Crippen LogP contribution is 2.23. The minimum atomic E-state index is 0.703. The molecule has 0 aliphatic carbocycles. The first-order valence-electron chi connectivity index (χ1n) is 6.31. The van der Waals surface area contributed by atoms with E-state index in [1.54, 1.807) is 12.4 Å². The molecular weight excluding hydrogens is 224 g/mol. The highest BCUT2D eigenvalue weighted by Gasteiger charge is 2.23. The van der Waals surface area contributed by atoms with Gasteiger partial charge >= 0.3 is 0 Å². The molecule has 1 saturated heterocycles. The maximum atomic E-state index is 4.36. The third-order valence-electron chi connectivity index (χ3n) is 3.43. The molecule has 4 nitrogen and oxygen atoms in total. The summed E-state index contributed by atoms with van der Waals surface area (Å²) in [4.78, 5) is 14.9. The smallest absolute Gasteiger partial charge is 0.147 e. The second kappa shape index (κ2) is 5.12. The van der Waals surface area contributed by atoms with Crippen molar-refractivity contribution in [2.75, 3.05) is 18.0 Å². The molecule has 0 aromatic carbocycles. The zero-order chi connectivity index (χ0) is 12.2. The molecule has 1 fully saturated rings. The molecule has 3 heterocycles. The maximum Gasteiger partial charge on any atom is 0.147 e. The van der Waals surface area contributed by atoms with Gasteiger partial charge in [-0.05, 0) is 36.5 Å². The molecule has 0 N–H and O–H groups in total. The van der Waals surface area contributed by atoms with Crippen LogP contribution in [0.15, 0.2) is 43.1 Å². The van der Waals surface area contributed by atoms with Gasteiger partial charge < -0.3 is 4.90 Å². The van der Waals surface area contributed by atoms with Crippen molar-refractivity contribution in [2.45, 2.75) is 12.8 Å². The number of pyridine rings is 1. The van der Waals surface area contributed by atoms with E-state index in [1.807, 2.05) is 18.6 Å². The lowest BCUT2D eigenvalue weighted by atomic mass is 10.00. The highest BCUT2D eigenvalue weighted by atomic mass is 15.2. The monoisotopic (exact) mass is 240 g/mol. The van der Waals surface area contributed by atoms with E-state index in [0.29, 0.717) is 5.92 Å². The lowest BCUT2D eigenvalue weighted by molar-refractivity contribution is 0.586. The lowest BCUT2D eigenvalue weighted by Crippen LogP contribution is -2.21. The van der Waals surface area contributed by atoms with Gasteiger partial charge in [-0.25, -0.2) is 4.98 Å². The van der Waals surface area contributed by atoms with E-state index in [4.69, 9.17) is 0 Å². The topological polar surface area (TPSA) is 41.9 Å². The van der Waals surface area contributed by atoms with Crippen LogP contribution in [0.3, 0.4) is 0 Å². The van der Waals surface area contributed by atoms with Crippen molar-refractivity contribution >= 4 is 5.82 Å². The van der Waals surface area contributed by atoms with Crippen LogP contribution in [0.25, 0.3) is 0 Å². The second-order valence-electron chi connectivity index (χ2n) is 4.72. The van der Waals surface area contributed by atoms with Crippen LogP contribution >= 0.6 is 0 Å². The van der Waals surface area contributed by atoms with E-state index in [2.05, 4.69) is 32.0 Å². The van der Waals surface area contributed by atoms with Crippen molar-refractivity contribution in [2.24, 2.45) is 5.92 Å². The predicted octanol–water partition coefficient (Wildman–Crippen LogP) is 1.94. The van der Waals surface area contributed by atoms with Crippen LogP contribution in [0.2, 0.25) is 0 Å². The lowest BCUT2D eigenvalue weighted by Gasteiger charge is -2.16. The van der Waals surface area contributed by atoms with Crippen LogP contribution in [0.1, 0.15) is 12.0 Å². The van der Waals surface area contributed by atoms with Crippen molar-refractivity contribution in [3.8, 4) is 0 Å². The molecule has 0 bridgehead atoms. The van der Waals surface area contributed by atoms with Crippen LogP contribution < -0.4 is 4.90 Å². The van der Waals surface area contributed by atoms with Crippen molar-refractivity contribution in [1.29, 1.82) is 0 Å². The molecule has 0 saturated carbocycles. The molecule has 18 heavy (non-hydrogen) atoms.